The molecule has 11 heteroatoms. The Kier molecular flexibility index (Phi) is 6.89. The van der Waals surface area contributed by atoms with E-state index in [4.69, 9.17) is 17.0 Å². The average molecular weight is 536 g/mol. The fourth-order valence-corrected chi connectivity index (χ4v) is 4.82. The molecule has 37 heavy (non-hydrogen) atoms. The summed E-state index contributed by atoms with van der Waals surface area (Å²) in [5.41, 5.74) is 2.52. The Morgan fingerprint density at radius 1 is 1.08 bits per heavy atom. The predicted molar refractivity (Wildman–Crippen MR) is 143 cm³/mol. The van der Waals surface area contributed by atoms with Crippen molar-refractivity contribution < 1.29 is 18.3 Å². The Hall–Kier alpha value is -4.22. The molecule has 3 aromatic heterocycles. The van der Waals surface area contributed by atoms with Gasteiger partial charge in [-0.1, -0.05) is 12.1 Å². The number of thiocarbonyl (C=S) groups is 1. The van der Waals surface area contributed by atoms with Gasteiger partial charge in [-0.15, -0.1) is 11.3 Å². The Labute approximate surface area is 219 Å². The first-order chi connectivity index (χ1) is 17.8. The number of carbonyl (C=O) groups excluding carboxylic acids is 1. The van der Waals surface area contributed by atoms with Gasteiger partial charge in [-0.05, 0) is 48.1 Å². The van der Waals surface area contributed by atoms with Crippen LogP contribution in [0, 0.1) is 11.6 Å². The summed E-state index contributed by atoms with van der Waals surface area (Å²) in [6, 6.07) is 13.5. The van der Waals surface area contributed by atoms with E-state index in [0.717, 1.165) is 20.8 Å². The number of fused-ring (bicyclic) bond motifs is 1. The third-order valence-corrected chi connectivity index (χ3v) is 6.64. The van der Waals surface area contributed by atoms with Crippen LogP contribution >= 0.6 is 23.6 Å². The number of aryl methyl sites for hydroxylation is 1. The molecule has 0 saturated heterocycles. The highest BCUT2D eigenvalue weighted by molar-refractivity contribution is 7.80. The lowest BCUT2D eigenvalue weighted by Gasteiger charge is -2.12. The van der Waals surface area contributed by atoms with Crippen LogP contribution in [0.5, 0.6) is 11.5 Å². The van der Waals surface area contributed by atoms with Crippen LogP contribution in [-0.4, -0.2) is 25.6 Å². The number of nitrogens with zero attached hydrogens (tertiary/aromatic N) is 3. The number of thiophene rings is 1. The number of halogens is 2. The molecule has 0 spiro atoms. The predicted octanol–water partition coefficient (Wildman–Crippen LogP) is 5.82. The zero-order chi connectivity index (χ0) is 25.9. The Morgan fingerprint density at radius 2 is 1.89 bits per heavy atom. The number of pyridine rings is 1. The Morgan fingerprint density at radius 3 is 2.62 bits per heavy atom. The molecule has 2 aromatic carbocycles. The number of aromatic nitrogens is 3. The molecule has 0 aliphatic heterocycles. The fourth-order valence-electron chi connectivity index (χ4n) is 3.56. The second-order valence-electron chi connectivity index (χ2n) is 8.11. The SMILES string of the molecule is Cn1cnc(-c2cc3nccc(Oc4ccc(NC(=S)NC(=O)Cc5ccc(F)cc5)cc4F)c3s2)c1. The van der Waals surface area contributed by atoms with E-state index in [1.807, 2.05) is 23.9 Å². The van der Waals surface area contributed by atoms with Crippen molar-refractivity contribution in [3.8, 4) is 22.1 Å². The van der Waals surface area contributed by atoms with Gasteiger partial charge >= 0.3 is 0 Å². The van der Waals surface area contributed by atoms with Crippen LogP contribution in [0.1, 0.15) is 5.56 Å². The fraction of sp³-hybridized carbons (Fsp3) is 0.0769. The van der Waals surface area contributed by atoms with Gasteiger partial charge < -0.3 is 19.9 Å². The summed E-state index contributed by atoms with van der Waals surface area (Å²) in [6.45, 7) is 0. The molecule has 0 fully saturated rings. The highest BCUT2D eigenvalue weighted by Gasteiger charge is 2.15. The van der Waals surface area contributed by atoms with Crippen LogP contribution in [-0.2, 0) is 18.3 Å². The van der Waals surface area contributed by atoms with Gasteiger partial charge in [-0.2, -0.15) is 0 Å². The lowest BCUT2D eigenvalue weighted by atomic mass is 10.1. The molecule has 0 aliphatic rings. The molecule has 7 nitrogen and oxygen atoms in total. The normalized spacial score (nSPS) is 10.9. The van der Waals surface area contributed by atoms with E-state index in [1.54, 1.807) is 24.7 Å². The number of rotatable bonds is 6. The number of benzene rings is 2. The monoisotopic (exact) mass is 535 g/mol. The summed E-state index contributed by atoms with van der Waals surface area (Å²) < 4.78 is 36.4. The van der Waals surface area contributed by atoms with Gasteiger partial charge in [0.05, 0.1) is 33.5 Å². The second-order valence-corrected chi connectivity index (χ2v) is 9.57. The van der Waals surface area contributed by atoms with Crippen LogP contribution in [0.3, 0.4) is 0 Å². The maximum atomic E-state index is 14.9. The van der Waals surface area contributed by atoms with E-state index in [2.05, 4.69) is 20.6 Å². The van der Waals surface area contributed by atoms with Gasteiger partial charge in [0, 0.05) is 37.3 Å². The molecule has 0 radical (unpaired) electrons. The molecule has 5 rings (SSSR count). The van der Waals surface area contributed by atoms with Gasteiger partial charge in [0.15, 0.2) is 16.7 Å². The van der Waals surface area contributed by atoms with Crippen LogP contribution in [0.4, 0.5) is 14.5 Å². The van der Waals surface area contributed by atoms with Crippen molar-refractivity contribution in [3.05, 3.63) is 90.5 Å². The van der Waals surface area contributed by atoms with Crippen LogP contribution < -0.4 is 15.4 Å². The van der Waals surface area contributed by atoms with Gasteiger partial charge in [0.1, 0.15) is 11.6 Å². The number of anilines is 1. The van der Waals surface area contributed by atoms with Crippen molar-refractivity contribution in [1.29, 1.82) is 0 Å². The number of carbonyl (C=O) groups is 1. The standard InChI is InChI=1S/C26H19F2N5O2S2/c1-33-13-20(30-14-33)23-12-19-25(37-23)22(8-9-29-19)35-21-7-6-17(11-18(21)28)31-26(36)32-24(34)10-15-2-4-16(27)5-3-15/h2-9,11-14H,10H2,1H3,(H2,31,32,34,36). The lowest BCUT2D eigenvalue weighted by molar-refractivity contribution is -0.119. The zero-order valence-corrected chi connectivity index (χ0v) is 21.0. The lowest BCUT2D eigenvalue weighted by Crippen LogP contribution is -2.35. The topological polar surface area (TPSA) is 81.1 Å². The Balaban J connectivity index is 1.25. The molecular formula is C26H19F2N5O2S2. The van der Waals surface area contributed by atoms with E-state index in [0.29, 0.717) is 17.0 Å². The largest absolute Gasteiger partial charge is 0.453 e. The molecular weight excluding hydrogens is 516 g/mol. The smallest absolute Gasteiger partial charge is 0.230 e. The number of hydrogen-bond acceptors (Lipinski definition) is 6. The minimum atomic E-state index is -0.614. The molecule has 186 valence electrons. The van der Waals surface area contributed by atoms with E-state index in [1.165, 1.54) is 47.7 Å². The summed E-state index contributed by atoms with van der Waals surface area (Å²) in [7, 11) is 1.90. The van der Waals surface area contributed by atoms with Gasteiger partial charge in [0.25, 0.3) is 0 Å². The quantitative estimate of drug-likeness (QED) is 0.267. The summed E-state index contributed by atoms with van der Waals surface area (Å²) >= 11 is 6.62. The summed E-state index contributed by atoms with van der Waals surface area (Å²) in [4.78, 5) is 21.9. The second kappa shape index (κ2) is 10.4. The highest BCUT2D eigenvalue weighted by Crippen LogP contribution is 2.39. The summed E-state index contributed by atoms with van der Waals surface area (Å²) in [5.74, 6) is -0.879. The molecule has 1 amide bonds. The summed E-state index contributed by atoms with van der Waals surface area (Å²) in [6.07, 6.45) is 5.26. The van der Waals surface area contributed by atoms with E-state index in [9.17, 15) is 13.6 Å². The number of imidazole rings is 1. The van der Waals surface area contributed by atoms with E-state index >= 15 is 0 Å². The zero-order valence-electron chi connectivity index (χ0n) is 19.4. The molecule has 0 aliphatic carbocycles. The van der Waals surface area contributed by atoms with Crippen molar-refractivity contribution in [2.75, 3.05) is 5.32 Å². The maximum Gasteiger partial charge on any atom is 0.230 e. The van der Waals surface area contributed by atoms with Gasteiger partial charge in [-0.25, -0.2) is 13.8 Å². The number of hydrogen-bond donors (Lipinski definition) is 2. The first-order valence-electron chi connectivity index (χ1n) is 11.0. The Bertz CT molecular complexity index is 1620. The van der Waals surface area contributed by atoms with Crippen molar-refractivity contribution in [2.24, 2.45) is 7.05 Å². The molecule has 3 heterocycles. The minimum absolute atomic E-state index is 0.0108. The highest BCUT2D eigenvalue weighted by atomic mass is 32.1. The molecule has 0 saturated carbocycles. The third-order valence-electron chi connectivity index (χ3n) is 5.27. The minimum Gasteiger partial charge on any atom is -0.453 e. The van der Waals surface area contributed by atoms with Crippen LogP contribution in [0.2, 0.25) is 0 Å². The van der Waals surface area contributed by atoms with Crippen molar-refractivity contribution >= 4 is 50.5 Å². The molecule has 2 N–H and O–H groups in total. The average Bonchev–Trinajstić information content (AvgIpc) is 3.49. The summed E-state index contributed by atoms with van der Waals surface area (Å²) in [5, 5.41) is 5.32. The molecule has 0 bridgehead atoms. The molecule has 0 atom stereocenters. The number of nitrogens with one attached hydrogen (secondary N) is 2. The van der Waals surface area contributed by atoms with Crippen molar-refractivity contribution in [3.63, 3.8) is 0 Å². The number of ether oxygens (including phenoxy) is 1. The van der Waals surface area contributed by atoms with Crippen molar-refractivity contribution in [1.82, 2.24) is 19.9 Å². The molecule has 5 aromatic rings. The van der Waals surface area contributed by atoms with E-state index in [-0.39, 0.29) is 29.0 Å². The van der Waals surface area contributed by atoms with Gasteiger partial charge in [-0.3, -0.25) is 9.78 Å². The first kappa shape index (κ1) is 24.5. The molecule has 0 unspecified atom stereocenters. The first-order valence-corrected chi connectivity index (χ1v) is 12.3. The van der Waals surface area contributed by atoms with E-state index < -0.39 is 5.82 Å². The third kappa shape index (κ3) is 5.79. The van der Waals surface area contributed by atoms with Crippen molar-refractivity contribution in [2.45, 2.75) is 6.42 Å². The van der Waals surface area contributed by atoms with Crippen LogP contribution in [0.15, 0.2) is 73.3 Å². The van der Waals surface area contributed by atoms with Gasteiger partial charge in [0.2, 0.25) is 5.91 Å². The maximum absolute atomic E-state index is 14.9. The van der Waals surface area contributed by atoms with Crippen LogP contribution in [0.25, 0.3) is 20.8 Å². The number of amides is 1.